The van der Waals surface area contributed by atoms with E-state index in [1.807, 2.05) is 0 Å². The molecule has 0 fully saturated rings. The number of carboxylic acids is 1. The molecular weight excluding hydrogens is 383 g/mol. The van der Waals surface area contributed by atoms with E-state index in [-0.39, 0.29) is 16.3 Å². The number of hydrogen-bond acceptors (Lipinski definition) is 2. The Morgan fingerprint density at radius 1 is 1.29 bits per heavy atom. The lowest BCUT2D eigenvalue weighted by Crippen LogP contribution is -2.02. The van der Waals surface area contributed by atoms with Crippen LogP contribution in [-0.4, -0.2) is 15.3 Å². The third-order valence-corrected chi connectivity index (χ3v) is 5.13. The van der Waals surface area contributed by atoms with Crippen LogP contribution in [0.15, 0.2) is 45.8 Å². The van der Waals surface area contributed by atoms with Crippen LogP contribution in [0, 0.1) is 5.82 Å². The van der Waals surface area contributed by atoms with Crippen LogP contribution < -0.4 is 0 Å². The van der Waals surface area contributed by atoms with Gasteiger partial charge in [-0.05, 0) is 51.8 Å². The first kappa shape index (κ1) is 16.1. The number of hydrogen-bond donors (Lipinski definition) is 1. The van der Waals surface area contributed by atoms with Gasteiger partial charge < -0.3 is 5.11 Å². The summed E-state index contributed by atoms with van der Waals surface area (Å²) in [6.07, 6.45) is 0. The van der Waals surface area contributed by atoms with Crippen molar-refractivity contribution in [2.45, 2.75) is 10.6 Å². The largest absolute Gasteiger partial charge is 0.478 e. The second-order valence-electron chi connectivity index (χ2n) is 4.17. The topological polar surface area (TPSA) is 54.4 Å². The van der Waals surface area contributed by atoms with Gasteiger partial charge in [-0.2, -0.15) is 0 Å². The fourth-order valence-corrected chi connectivity index (χ4v) is 3.57. The van der Waals surface area contributed by atoms with Gasteiger partial charge in [0.05, 0.1) is 22.1 Å². The zero-order valence-electron chi connectivity index (χ0n) is 10.5. The average molecular weight is 392 g/mol. The van der Waals surface area contributed by atoms with Crippen LogP contribution in [0.2, 0.25) is 5.02 Å². The van der Waals surface area contributed by atoms with E-state index in [1.54, 1.807) is 6.07 Å². The van der Waals surface area contributed by atoms with E-state index in [0.29, 0.717) is 14.9 Å². The molecule has 0 amide bonds. The Bertz CT molecular complexity index is 736. The van der Waals surface area contributed by atoms with Crippen LogP contribution in [0.25, 0.3) is 0 Å². The smallest absolute Gasteiger partial charge is 0.336 e. The van der Waals surface area contributed by atoms with Crippen molar-refractivity contribution in [2.24, 2.45) is 0 Å². The summed E-state index contributed by atoms with van der Waals surface area (Å²) in [4.78, 5) is 11.4. The molecule has 21 heavy (non-hydrogen) atoms. The minimum Gasteiger partial charge on any atom is -0.478 e. The molecule has 2 rings (SSSR count). The number of carboxylic acid groups (broad SMARTS) is 1. The maximum absolute atomic E-state index is 13.0. The highest BCUT2D eigenvalue weighted by Crippen LogP contribution is 2.24. The summed E-state index contributed by atoms with van der Waals surface area (Å²) in [6.45, 7) is 0. The molecule has 1 N–H and O–H groups in total. The molecule has 0 spiro atoms. The Morgan fingerprint density at radius 3 is 2.62 bits per heavy atom. The van der Waals surface area contributed by atoms with Gasteiger partial charge in [0.1, 0.15) is 5.82 Å². The Hall–Kier alpha value is -1.24. The molecule has 1 atom stereocenters. The van der Waals surface area contributed by atoms with E-state index in [9.17, 15) is 13.4 Å². The van der Waals surface area contributed by atoms with Crippen molar-refractivity contribution in [3.63, 3.8) is 0 Å². The van der Waals surface area contributed by atoms with Crippen molar-refractivity contribution in [2.75, 3.05) is 0 Å². The summed E-state index contributed by atoms with van der Waals surface area (Å²) in [6, 6.07) is 8.31. The number of carbonyl (C=O) groups is 1. The molecule has 0 bridgehead atoms. The Morgan fingerprint density at radius 2 is 2.00 bits per heavy atom. The summed E-state index contributed by atoms with van der Waals surface area (Å²) in [5.74, 6) is -1.49. The summed E-state index contributed by atoms with van der Waals surface area (Å²) < 4.78 is 25.7. The van der Waals surface area contributed by atoms with Crippen LogP contribution in [0.3, 0.4) is 0 Å². The van der Waals surface area contributed by atoms with Crippen LogP contribution in [0.5, 0.6) is 0 Å². The molecule has 3 nitrogen and oxygen atoms in total. The van der Waals surface area contributed by atoms with Crippen molar-refractivity contribution < 1.29 is 18.5 Å². The molecule has 2 aromatic carbocycles. The van der Waals surface area contributed by atoms with Gasteiger partial charge in [-0.3, -0.25) is 4.21 Å². The minimum atomic E-state index is -1.48. The SMILES string of the molecule is O=C(O)c1cc(S(=O)Cc2ccc(F)cc2Cl)ccc1Br. The van der Waals surface area contributed by atoms with E-state index in [1.165, 1.54) is 24.3 Å². The highest BCUT2D eigenvalue weighted by Gasteiger charge is 2.14. The molecule has 0 aliphatic heterocycles. The quantitative estimate of drug-likeness (QED) is 0.848. The van der Waals surface area contributed by atoms with E-state index in [2.05, 4.69) is 15.9 Å². The molecule has 1 unspecified atom stereocenters. The van der Waals surface area contributed by atoms with E-state index >= 15 is 0 Å². The molecular formula is C14H9BrClFO3S. The van der Waals surface area contributed by atoms with E-state index < -0.39 is 22.6 Å². The van der Waals surface area contributed by atoms with Crippen molar-refractivity contribution in [1.82, 2.24) is 0 Å². The van der Waals surface area contributed by atoms with Gasteiger partial charge in [0, 0.05) is 14.4 Å². The first-order chi connectivity index (χ1) is 9.88. The highest BCUT2D eigenvalue weighted by atomic mass is 79.9. The van der Waals surface area contributed by atoms with Crippen LogP contribution in [0.1, 0.15) is 15.9 Å². The second-order valence-corrected chi connectivity index (χ2v) is 6.89. The van der Waals surface area contributed by atoms with Crippen LogP contribution in [-0.2, 0) is 16.6 Å². The molecule has 0 aromatic heterocycles. The molecule has 0 heterocycles. The van der Waals surface area contributed by atoms with Gasteiger partial charge in [0.25, 0.3) is 0 Å². The van der Waals surface area contributed by atoms with Crippen molar-refractivity contribution in [3.8, 4) is 0 Å². The summed E-state index contributed by atoms with van der Waals surface area (Å²) in [5, 5.41) is 9.24. The van der Waals surface area contributed by atoms with E-state index in [4.69, 9.17) is 16.7 Å². The zero-order chi connectivity index (χ0) is 15.6. The highest BCUT2D eigenvalue weighted by molar-refractivity contribution is 9.10. The minimum absolute atomic E-state index is 0.0334. The van der Waals surface area contributed by atoms with Gasteiger partial charge >= 0.3 is 5.97 Å². The summed E-state index contributed by atoms with van der Waals surface area (Å²) >= 11 is 9.02. The predicted molar refractivity (Wildman–Crippen MR) is 82.6 cm³/mol. The predicted octanol–water partition coefficient (Wildman–Crippen LogP) is 4.25. The number of benzene rings is 2. The molecule has 7 heteroatoms. The van der Waals surface area contributed by atoms with Gasteiger partial charge in [0.2, 0.25) is 0 Å². The summed E-state index contributed by atoms with van der Waals surface area (Å²) in [5.41, 5.74) is 0.572. The monoisotopic (exact) mass is 390 g/mol. The molecule has 0 radical (unpaired) electrons. The maximum atomic E-state index is 13.0. The Balaban J connectivity index is 2.28. The molecule has 0 aliphatic carbocycles. The lowest BCUT2D eigenvalue weighted by atomic mass is 10.2. The Kier molecular flexibility index (Phi) is 5.13. The Labute approximate surface area is 136 Å². The van der Waals surface area contributed by atoms with Gasteiger partial charge in [-0.25, -0.2) is 9.18 Å². The molecule has 2 aromatic rings. The summed E-state index contributed by atoms with van der Waals surface area (Å²) in [7, 11) is -1.48. The first-order valence-electron chi connectivity index (χ1n) is 5.73. The van der Waals surface area contributed by atoms with E-state index in [0.717, 1.165) is 6.07 Å². The third-order valence-electron chi connectivity index (χ3n) is 2.73. The fourth-order valence-electron chi connectivity index (χ4n) is 1.67. The van der Waals surface area contributed by atoms with Gasteiger partial charge in [-0.1, -0.05) is 17.7 Å². The lowest BCUT2D eigenvalue weighted by Gasteiger charge is -2.07. The van der Waals surface area contributed by atoms with Crippen molar-refractivity contribution in [1.29, 1.82) is 0 Å². The molecule has 0 saturated carbocycles. The molecule has 0 saturated heterocycles. The molecule has 0 aliphatic rings. The maximum Gasteiger partial charge on any atom is 0.336 e. The fraction of sp³-hybridized carbons (Fsp3) is 0.0714. The van der Waals surface area contributed by atoms with Gasteiger partial charge in [0.15, 0.2) is 0 Å². The van der Waals surface area contributed by atoms with Crippen LogP contribution >= 0.6 is 27.5 Å². The van der Waals surface area contributed by atoms with Crippen molar-refractivity contribution >= 4 is 44.3 Å². The number of aromatic carboxylic acids is 1. The van der Waals surface area contributed by atoms with Crippen molar-refractivity contribution in [3.05, 3.63) is 62.8 Å². The standard InChI is InChI=1S/C14H9BrClFO3S/c15-12-4-3-10(6-11(12)14(18)19)21(20)7-8-1-2-9(17)5-13(8)16/h1-6H,7H2,(H,18,19). The first-order valence-corrected chi connectivity index (χ1v) is 8.22. The normalized spacial score (nSPS) is 12.1. The third kappa shape index (κ3) is 3.90. The van der Waals surface area contributed by atoms with Gasteiger partial charge in [-0.15, -0.1) is 0 Å². The lowest BCUT2D eigenvalue weighted by molar-refractivity contribution is 0.0695. The number of rotatable bonds is 4. The molecule has 110 valence electrons. The zero-order valence-corrected chi connectivity index (χ0v) is 13.6. The second kappa shape index (κ2) is 6.68. The number of halogens is 3. The van der Waals surface area contributed by atoms with Crippen LogP contribution in [0.4, 0.5) is 4.39 Å². The average Bonchev–Trinajstić information content (AvgIpc) is 2.42.